The molecule has 0 amide bonds. The van der Waals surface area contributed by atoms with Crippen LogP contribution in [0.25, 0.3) is 6.08 Å². The van der Waals surface area contributed by atoms with E-state index in [1.807, 2.05) is 61.5 Å². The van der Waals surface area contributed by atoms with Crippen molar-refractivity contribution < 1.29 is 4.79 Å². The highest BCUT2D eigenvalue weighted by Gasteiger charge is 2.22. The van der Waals surface area contributed by atoms with Crippen LogP contribution in [0.3, 0.4) is 0 Å². The molecule has 3 rings (SSSR count). The summed E-state index contributed by atoms with van der Waals surface area (Å²) >= 11 is 2.83. The van der Waals surface area contributed by atoms with Gasteiger partial charge in [-0.3, -0.25) is 4.79 Å². The van der Waals surface area contributed by atoms with Crippen LogP contribution in [0.1, 0.15) is 18.1 Å². The van der Waals surface area contributed by atoms with E-state index < -0.39 is 0 Å². The Morgan fingerprint density at radius 1 is 1.08 bits per heavy atom. The Labute approximate surface area is 150 Å². The topological polar surface area (TPSA) is 29.4 Å². The number of thioether (sulfide) groups is 2. The van der Waals surface area contributed by atoms with Crippen LogP contribution in [0.2, 0.25) is 0 Å². The summed E-state index contributed by atoms with van der Waals surface area (Å²) in [5.74, 6) is 0.825. The van der Waals surface area contributed by atoms with Gasteiger partial charge in [0, 0.05) is 5.75 Å². The Morgan fingerprint density at radius 2 is 1.75 bits per heavy atom. The zero-order valence-electron chi connectivity index (χ0n) is 13.3. The second-order valence-corrected chi connectivity index (χ2v) is 7.55. The quantitative estimate of drug-likeness (QED) is 0.678. The Balaban J connectivity index is 1.68. The average Bonchev–Trinajstić information content (AvgIpc) is 2.94. The number of allylic oxidation sites excluding steroid dienone is 2. The molecule has 24 heavy (non-hydrogen) atoms. The fourth-order valence-corrected chi connectivity index (χ4v) is 4.04. The van der Waals surface area contributed by atoms with E-state index in [2.05, 4.69) is 23.2 Å². The molecule has 4 heteroatoms. The van der Waals surface area contributed by atoms with E-state index >= 15 is 0 Å². The van der Waals surface area contributed by atoms with Crippen molar-refractivity contribution >= 4 is 39.1 Å². The maximum Gasteiger partial charge on any atom is 0.244 e. The van der Waals surface area contributed by atoms with Gasteiger partial charge in [0.15, 0.2) is 0 Å². The van der Waals surface area contributed by atoms with Crippen molar-refractivity contribution in [3.63, 3.8) is 0 Å². The summed E-state index contributed by atoms with van der Waals surface area (Å²) in [6.07, 6.45) is 3.91. The molecule has 0 unspecified atom stereocenters. The van der Waals surface area contributed by atoms with Gasteiger partial charge in [-0.15, -0.1) is 0 Å². The molecule has 0 bridgehead atoms. The Kier molecular flexibility index (Phi) is 5.72. The third-order valence-corrected chi connectivity index (χ3v) is 5.44. The molecule has 2 aromatic rings. The monoisotopic (exact) mass is 351 g/mol. The molecule has 0 aliphatic carbocycles. The summed E-state index contributed by atoms with van der Waals surface area (Å²) in [4.78, 5) is 16.6. The maximum atomic E-state index is 12.1. The van der Waals surface area contributed by atoms with Crippen molar-refractivity contribution in [2.24, 2.45) is 4.99 Å². The van der Waals surface area contributed by atoms with Crippen LogP contribution in [0.15, 0.2) is 83.0 Å². The van der Waals surface area contributed by atoms with Crippen LogP contribution >= 0.6 is 23.5 Å². The Morgan fingerprint density at radius 3 is 2.46 bits per heavy atom. The lowest BCUT2D eigenvalue weighted by atomic mass is 10.1. The minimum absolute atomic E-state index is 0.0198. The highest BCUT2D eigenvalue weighted by atomic mass is 32.2. The lowest BCUT2D eigenvalue weighted by Gasteiger charge is -1.98. The lowest BCUT2D eigenvalue weighted by molar-refractivity contribution is -0.107. The van der Waals surface area contributed by atoms with E-state index in [1.165, 1.54) is 17.3 Å². The molecular weight excluding hydrogens is 334 g/mol. The fraction of sp³-hybridized carbons (Fsp3) is 0.100. The van der Waals surface area contributed by atoms with Gasteiger partial charge in [-0.1, -0.05) is 78.5 Å². The zero-order chi connectivity index (χ0) is 16.8. The molecule has 1 aliphatic rings. The third-order valence-electron chi connectivity index (χ3n) is 3.36. The highest BCUT2D eigenvalue weighted by Crippen LogP contribution is 2.32. The standard InChI is InChI=1S/C20H17NOS2/c1-15(12-16-8-4-2-5-9-16)13-18-19(22)24-20(21-18)23-14-17-10-6-3-7-11-17/h2-13H,14H2,1H3/b15-12+,18-13+. The van der Waals surface area contributed by atoms with Gasteiger partial charge in [-0.2, -0.15) is 0 Å². The fourth-order valence-electron chi connectivity index (χ4n) is 2.24. The molecule has 0 N–H and O–H groups in total. The molecule has 120 valence electrons. The largest absolute Gasteiger partial charge is 0.279 e. The number of benzene rings is 2. The van der Waals surface area contributed by atoms with Crippen LogP contribution in [-0.4, -0.2) is 9.49 Å². The van der Waals surface area contributed by atoms with Gasteiger partial charge < -0.3 is 0 Å². The van der Waals surface area contributed by atoms with Crippen molar-refractivity contribution in [1.82, 2.24) is 0 Å². The number of carbonyl (C=O) groups is 1. The molecule has 2 nitrogen and oxygen atoms in total. The van der Waals surface area contributed by atoms with Crippen molar-refractivity contribution in [2.75, 3.05) is 0 Å². The van der Waals surface area contributed by atoms with Crippen LogP contribution in [0.4, 0.5) is 0 Å². The number of nitrogens with zero attached hydrogens (tertiary/aromatic N) is 1. The summed E-state index contributed by atoms with van der Waals surface area (Å²) < 4.78 is 0.822. The van der Waals surface area contributed by atoms with E-state index in [0.717, 1.165) is 21.3 Å². The van der Waals surface area contributed by atoms with Crippen molar-refractivity contribution in [3.8, 4) is 0 Å². The number of hydrogen-bond acceptors (Lipinski definition) is 4. The molecule has 2 aromatic carbocycles. The van der Waals surface area contributed by atoms with Gasteiger partial charge in [-0.05, 0) is 41.5 Å². The smallest absolute Gasteiger partial charge is 0.244 e. The lowest BCUT2D eigenvalue weighted by Crippen LogP contribution is -1.88. The van der Waals surface area contributed by atoms with Gasteiger partial charge in [0.25, 0.3) is 0 Å². The Hall–Kier alpha value is -2.04. The molecular formula is C20H17NOS2. The maximum absolute atomic E-state index is 12.1. The van der Waals surface area contributed by atoms with Gasteiger partial charge in [0.05, 0.1) is 0 Å². The number of rotatable bonds is 4. The minimum atomic E-state index is 0.0198. The van der Waals surface area contributed by atoms with Crippen LogP contribution in [0.5, 0.6) is 0 Å². The van der Waals surface area contributed by atoms with E-state index in [0.29, 0.717) is 5.70 Å². The predicted molar refractivity (Wildman–Crippen MR) is 106 cm³/mol. The molecule has 1 heterocycles. The van der Waals surface area contributed by atoms with E-state index in [4.69, 9.17) is 0 Å². The normalized spacial score (nSPS) is 16.5. The van der Waals surface area contributed by atoms with Crippen LogP contribution in [0, 0.1) is 0 Å². The number of aliphatic imine (C=N–C) groups is 1. The number of hydrogen-bond donors (Lipinski definition) is 0. The van der Waals surface area contributed by atoms with Crippen LogP contribution < -0.4 is 0 Å². The molecule has 1 aliphatic heterocycles. The SMILES string of the molecule is CC(=C\c1ccccc1)/C=C1/N=C(SCc2ccccc2)SC1=O. The van der Waals surface area contributed by atoms with Crippen molar-refractivity contribution in [2.45, 2.75) is 12.7 Å². The summed E-state index contributed by atoms with van der Waals surface area (Å²) in [7, 11) is 0. The van der Waals surface area contributed by atoms with Crippen LogP contribution in [-0.2, 0) is 10.5 Å². The number of carbonyl (C=O) groups excluding carboxylic acids is 1. The molecule has 0 aromatic heterocycles. The van der Waals surface area contributed by atoms with E-state index in [9.17, 15) is 4.79 Å². The van der Waals surface area contributed by atoms with Gasteiger partial charge in [0.1, 0.15) is 10.1 Å². The second-order valence-electron chi connectivity index (χ2n) is 5.37. The van der Waals surface area contributed by atoms with Crippen molar-refractivity contribution in [3.05, 3.63) is 89.1 Å². The summed E-state index contributed by atoms with van der Waals surface area (Å²) in [5, 5.41) is 0.0198. The molecule has 0 fully saturated rings. The third kappa shape index (κ3) is 4.73. The first-order chi connectivity index (χ1) is 11.7. The predicted octanol–water partition coefficient (Wildman–Crippen LogP) is 5.54. The summed E-state index contributed by atoms with van der Waals surface area (Å²) in [6, 6.07) is 20.3. The van der Waals surface area contributed by atoms with Gasteiger partial charge >= 0.3 is 0 Å². The van der Waals surface area contributed by atoms with E-state index in [1.54, 1.807) is 11.8 Å². The molecule has 0 spiro atoms. The highest BCUT2D eigenvalue weighted by molar-refractivity contribution is 8.45. The van der Waals surface area contributed by atoms with E-state index in [-0.39, 0.29) is 5.12 Å². The molecule has 0 radical (unpaired) electrons. The zero-order valence-corrected chi connectivity index (χ0v) is 14.9. The van der Waals surface area contributed by atoms with Crippen molar-refractivity contribution in [1.29, 1.82) is 0 Å². The molecule has 0 atom stereocenters. The van der Waals surface area contributed by atoms with Gasteiger partial charge in [0.2, 0.25) is 5.12 Å². The summed E-state index contributed by atoms with van der Waals surface area (Å²) in [5.41, 5.74) is 3.90. The first kappa shape index (κ1) is 16.8. The first-order valence-electron chi connectivity index (χ1n) is 7.63. The molecule has 0 saturated heterocycles. The first-order valence-corrected chi connectivity index (χ1v) is 9.43. The average molecular weight is 351 g/mol. The van der Waals surface area contributed by atoms with Gasteiger partial charge in [-0.25, -0.2) is 4.99 Å². The minimum Gasteiger partial charge on any atom is -0.279 e. The summed E-state index contributed by atoms with van der Waals surface area (Å²) in [6.45, 7) is 1.99. The second kappa shape index (κ2) is 8.18. The Bertz CT molecular complexity index is 808. The molecule has 0 saturated carbocycles.